The summed E-state index contributed by atoms with van der Waals surface area (Å²) in [6, 6.07) is 6.86. The van der Waals surface area contributed by atoms with Crippen molar-refractivity contribution in [2.45, 2.75) is 32.6 Å². The van der Waals surface area contributed by atoms with Crippen molar-refractivity contribution < 1.29 is 18.0 Å². The van der Waals surface area contributed by atoms with E-state index in [1.165, 1.54) is 17.3 Å². The van der Waals surface area contributed by atoms with E-state index in [4.69, 9.17) is 0 Å². The van der Waals surface area contributed by atoms with Crippen molar-refractivity contribution >= 4 is 27.3 Å². The minimum absolute atomic E-state index is 0.0320. The molecule has 1 aromatic carbocycles. The Bertz CT molecular complexity index is 1150. The Morgan fingerprint density at radius 1 is 1.13 bits per heavy atom. The Balaban J connectivity index is 1.72. The van der Waals surface area contributed by atoms with E-state index in [9.17, 15) is 18.0 Å². The van der Waals surface area contributed by atoms with Crippen LogP contribution < -0.4 is 5.32 Å². The zero-order valence-electron chi connectivity index (χ0n) is 16.6. The number of carbonyl (C=O) groups excluding carboxylic acids is 2. The molecule has 0 atom stereocenters. The first-order chi connectivity index (χ1) is 14.2. The summed E-state index contributed by atoms with van der Waals surface area (Å²) in [7, 11) is -3.44. The lowest BCUT2D eigenvalue weighted by Crippen LogP contribution is -2.24. The van der Waals surface area contributed by atoms with Gasteiger partial charge in [0.15, 0.2) is 9.84 Å². The van der Waals surface area contributed by atoms with Gasteiger partial charge in [0.2, 0.25) is 5.91 Å². The van der Waals surface area contributed by atoms with Crippen molar-refractivity contribution in [3.63, 3.8) is 0 Å². The van der Waals surface area contributed by atoms with Crippen molar-refractivity contribution in [1.29, 1.82) is 0 Å². The molecule has 4 rings (SSSR count). The molecule has 1 N–H and O–H groups in total. The fourth-order valence-electron chi connectivity index (χ4n) is 3.02. The van der Waals surface area contributed by atoms with Gasteiger partial charge in [0, 0.05) is 30.2 Å². The summed E-state index contributed by atoms with van der Waals surface area (Å²) in [5, 5.41) is 9.39. The molecule has 0 unspecified atom stereocenters. The average Bonchev–Trinajstić information content (AvgIpc) is 3.44. The number of carbonyl (C=O) groups is 2. The Morgan fingerprint density at radius 3 is 2.43 bits per heavy atom. The van der Waals surface area contributed by atoms with E-state index in [2.05, 4.69) is 10.4 Å². The topological polar surface area (TPSA) is 101 Å². The number of hydrogen-bond donors (Lipinski definition) is 1. The molecule has 0 spiro atoms. The Kier molecular flexibility index (Phi) is 5.07. The van der Waals surface area contributed by atoms with Crippen molar-refractivity contribution in [1.82, 2.24) is 14.7 Å². The summed E-state index contributed by atoms with van der Waals surface area (Å²) in [6.45, 7) is 4.05. The van der Waals surface area contributed by atoms with Gasteiger partial charge in [-0.1, -0.05) is 13.8 Å². The van der Waals surface area contributed by atoms with Crippen LogP contribution in [0.2, 0.25) is 0 Å². The maximum absolute atomic E-state index is 13.1. The van der Waals surface area contributed by atoms with Crippen LogP contribution in [-0.4, -0.2) is 34.9 Å². The van der Waals surface area contributed by atoms with Gasteiger partial charge < -0.3 is 5.32 Å². The van der Waals surface area contributed by atoms with E-state index in [0.717, 1.165) is 29.4 Å². The number of nitrogens with one attached hydrogen (secondary N) is 1. The van der Waals surface area contributed by atoms with Crippen LogP contribution in [0.15, 0.2) is 53.7 Å². The lowest BCUT2D eigenvalue weighted by Gasteiger charge is -2.19. The molecule has 2 amide bonds. The predicted molar refractivity (Wildman–Crippen MR) is 112 cm³/mol. The minimum Gasteiger partial charge on any atom is -0.326 e. The van der Waals surface area contributed by atoms with Crippen LogP contribution in [0.5, 0.6) is 0 Å². The summed E-state index contributed by atoms with van der Waals surface area (Å²) in [6.07, 6.45) is 5.98. The predicted octanol–water partition coefficient (Wildman–Crippen LogP) is 3.16. The molecular weight excluding hydrogens is 404 g/mol. The Hall–Kier alpha value is -3.20. The molecule has 2 aromatic rings. The Morgan fingerprint density at radius 2 is 1.83 bits per heavy atom. The lowest BCUT2D eigenvalue weighted by molar-refractivity contribution is -0.117. The summed E-state index contributed by atoms with van der Waals surface area (Å²) in [5.41, 5.74) is 2.26. The molecule has 1 fully saturated rings. The van der Waals surface area contributed by atoms with Crippen molar-refractivity contribution in [2.24, 2.45) is 5.92 Å². The summed E-state index contributed by atoms with van der Waals surface area (Å²) < 4.78 is 24.7. The van der Waals surface area contributed by atoms with Crippen molar-refractivity contribution in [3.05, 3.63) is 64.9 Å². The number of sulfone groups is 1. The molecule has 2 aliphatic rings. The highest BCUT2D eigenvalue weighted by Gasteiger charge is 2.30. The molecule has 1 aliphatic heterocycles. The fourth-order valence-corrected chi connectivity index (χ4v) is 3.71. The van der Waals surface area contributed by atoms with Gasteiger partial charge in [-0.05, 0) is 43.0 Å². The highest BCUT2D eigenvalue weighted by Crippen LogP contribution is 2.31. The second kappa shape index (κ2) is 7.56. The van der Waals surface area contributed by atoms with Crippen molar-refractivity contribution in [2.75, 3.05) is 5.32 Å². The molecule has 2 heterocycles. The first-order valence-corrected chi connectivity index (χ1v) is 11.3. The zero-order chi connectivity index (χ0) is 21.5. The second-order valence-corrected chi connectivity index (χ2v) is 9.43. The molecule has 0 saturated heterocycles. The molecule has 1 aliphatic carbocycles. The normalized spacial score (nSPS) is 17.4. The van der Waals surface area contributed by atoms with Crippen LogP contribution >= 0.6 is 0 Å². The van der Waals surface area contributed by atoms with E-state index < -0.39 is 15.7 Å². The molecule has 9 heteroatoms. The SMILES string of the molecule is CC(C)c1ccn(-c2cc(NC(=O)C3CC3)ccc2C(=O)N2C=CS(=O)(=O)C=C2)n1. The third-order valence-electron chi connectivity index (χ3n) is 4.95. The molecule has 8 nitrogen and oxygen atoms in total. The number of benzene rings is 1. The molecule has 156 valence electrons. The monoisotopic (exact) mass is 426 g/mol. The highest BCUT2D eigenvalue weighted by molar-refractivity contribution is 7.97. The zero-order valence-corrected chi connectivity index (χ0v) is 17.5. The Labute approximate surface area is 174 Å². The number of nitrogens with zero attached hydrogens (tertiary/aromatic N) is 3. The minimum atomic E-state index is -3.44. The maximum atomic E-state index is 13.1. The van der Waals surface area contributed by atoms with Crippen LogP contribution in [0, 0.1) is 5.92 Å². The molecular formula is C21H22N4O4S. The quantitative estimate of drug-likeness (QED) is 0.791. The first-order valence-electron chi connectivity index (χ1n) is 9.68. The van der Waals surface area contributed by atoms with Gasteiger partial charge >= 0.3 is 0 Å². The van der Waals surface area contributed by atoms with E-state index >= 15 is 0 Å². The van der Waals surface area contributed by atoms with E-state index in [0.29, 0.717) is 16.9 Å². The van der Waals surface area contributed by atoms with Gasteiger partial charge in [-0.3, -0.25) is 14.5 Å². The summed E-state index contributed by atoms with van der Waals surface area (Å²) in [5.74, 6) is -0.177. The van der Waals surface area contributed by atoms with Crippen LogP contribution in [0.4, 0.5) is 5.69 Å². The van der Waals surface area contributed by atoms with Gasteiger partial charge in [-0.15, -0.1) is 0 Å². The average molecular weight is 426 g/mol. The van der Waals surface area contributed by atoms with E-state index in [-0.39, 0.29) is 17.7 Å². The number of hydrogen-bond acceptors (Lipinski definition) is 5. The van der Waals surface area contributed by atoms with Crippen LogP contribution in [-0.2, 0) is 14.6 Å². The molecule has 1 saturated carbocycles. The maximum Gasteiger partial charge on any atom is 0.264 e. The first kappa shape index (κ1) is 20.1. The smallest absolute Gasteiger partial charge is 0.264 e. The third kappa shape index (κ3) is 4.20. The van der Waals surface area contributed by atoms with Gasteiger partial charge in [-0.25, -0.2) is 13.1 Å². The number of aromatic nitrogens is 2. The van der Waals surface area contributed by atoms with Gasteiger partial charge in [0.05, 0.1) is 27.8 Å². The highest BCUT2D eigenvalue weighted by atomic mass is 32.2. The van der Waals surface area contributed by atoms with Gasteiger partial charge in [0.25, 0.3) is 5.91 Å². The lowest BCUT2D eigenvalue weighted by atomic mass is 10.1. The second-order valence-electron chi connectivity index (χ2n) is 7.71. The standard InChI is InChI=1S/C21H22N4O4S/c1-14(2)18-7-8-25(23-18)19-13-16(22-20(26)15-3-4-15)5-6-17(19)21(27)24-9-11-30(28,29)12-10-24/h5-15H,3-4H2,1-2H3,(H,22,26). The fraction of sp³-hybridized carbons (Fsp3) is 0.286. The number of rotatable bonds is 5. The molecule has 0 bridgehead atoms. The van der Waals surface area contributed by atoms with Crippen LogP contribution in [0.1, 0.15) is 48.7 Å². The number of anilines is 1. The van der Waals surface area contributed by atoms with Crippen LogP contribution in [0.3, 0.4) is 0 Å². The van der Waals surface area contributed by atoms with Crippen molar-refractivity contribution in [3.8, 4) is 5.69 Å². The number of amides is 2. The third-order valence-corrected chi connectivity index (χ3v) is 5.95. The van der Waals surface area contributed by atoms with Crippen LogP contribution in [0.25, 0.3) is 5.69 Å². The van der Waals surface area contributed by atoms with E-state index in [1.54, 1.807) is 29.1 Å². The summed E-state index contributed by atoms with van der Waals surface area (Å²) >= 11 is 0. The van der Waals surface area contributed by atoms with Gasteiger partial charge in [-0.2, -0.15) is 5.10 Å². The molecule has 30 heavy (non-hydrogen) atoms. The molecule has 0 radical (unpaired) electrons. The summed E-state index contributed by atoms with van der Waals surface area (Å²) in [4.78, 5) is 26.5. The molecule has 1 aromatic heterocycles. The largest absolute Gasteiger partial charge is 0.326 e. The van der Waals surface area contributed by atoms with Gasteiger partial charge in [0.1, 0.15) is 0 Å². The van der Waals surface area contributed by atoms with E-state index in [1.807, 2.05) is 19.9 Å².